The molecule has 15 heavy (non-hydrogen) atoms. The Balaban J connectivity index is 4.77. The molecule has 0 amide bonds. The summed E-state index contributed by atoms with van der Waals surface area (Å²) in [6, 6.07) is 0. The van der Waals surface area contributed by atoms with Crippen LogP contribution in [0.5, 0.6) is 0 Å². The monoisotopic (exact) mass is 222 g/mol. The summed E-state index contributed by atoms with van der Waals surface area (Å²) in [6.07, 6.45) is 3.09. The summed E-state index contributed by atoms with van der Waals surface area (Å²) >= 11 is 0. The van der Waals surface area contributed by atoms with Gasteiger partial charge in [0, 0.05) is 5.41 Å². The van der Waals surface area contributed by atoms with Gasteiger partial charge in [-0.05, 0) is 19.1 Å². The summed E-state index contributed by atoms with van der Waals surface area (Å²) in [5.74, 6) is 2.95. The minimum absolute atomic E-state index is 0.334. The number of rotatable bonds is 2. The highest BCUT2D eigenvalue weighted by Crippen LogP contribution is 2.21. The molecule has 0 rings (SSSR count). The Morgan fingerprint density at radius 2 is 1.80 bits per heavy atom. The van der Waals surface area contributed by atoms with E-state index in [1.54, 1.807) is 0 Å². The van der Waals surface area contributed by atoms with E-state index in [2.05, 4.69) is 36.8 Å². The molecule has 1 N–H and O–H groups in total. The summed E-state index contributed by atoms with van der Waals surface area (Å²) in [5.41, 5.74) is 5.85. The van der Waals surface area contributed by atoms with Crippen molar-refractivity contribution < 1.29 is 5.11 Å². The molecule has 1 unspecified atom stereocenters. The summed E-state index contributed by atoms with van der Waals surface area (Å²) in [6.45, 7) is 12.3. The standard InChI is InChI=1S/C13H22OSi/c1-7-8-10-13(2,3)12(14)9-11-15(4,5)6/h7,10,12,14H,1-6H3. The molecule has 0 aromatic heterocycles. The summed E-state index contributed by atoms with van der Waals surface area (Å²) in [7, 11) is -1.39. The summed E-state index contributed by atoms with van der Waals surface area (Å²) < 4.78 is 0. The van der Waals surface area contributed by atoms with E-state index < -0.39 is 14.2 Å². The molecule has 0 aromatic carbocycles. The highest BCUT2D eigenvalue weighted by atomic mass is 28.3. The summed E-state index contributed by atoms with van der Waals surface area (Å²) in [5, 5.41) is 9.93. The van der Waals surface area contributed by atoms with Gasteiger partial charge in [0.15, 0.2) is 0 Å². The fourth-order valence-electron chi connectivity index (χ4n) is 0.848. The molecule has 0 saturated carbocycles. The van der Waals surface area contributed by atoms with E-state index in [4.69, 9.17) is 0 Å². The Morgan fingerprint density at radius 1 is 1.27 bits per heavy atom. The Morgan fingerprint density at radius 3 is 2.20 bits per heavy atom. The van der Waals surface area contributed by atoms with Crippen LogP contribution < -0.4 is 0 Å². The zero-order valence-electron chi connectivity index (χ0n) is 10.7. The average Bonchev–Trinajstić information content (AvgIpc) is 2.09. The van der Waals surface area contributed by atoms with Crippen molar-refractivity contribution >= 4 is 8.07 Å². The predicted molar refractivity (Wildman–Crippen MR) is 69.2 cm³/mol. The van der Waals surface area contributed by atoms with Gasteiger partial charge in [-0.25, -0.2) is 0 Å². The minimum Gasteiger partial charge on any atom is -0.379 e. The van der Waals surface area contributed by atoms with Crippen LogP contribution in [-0.4, -0.2) is 19.3 Å². The first kappa shape index (κ1) is 14.3. The first-order chi connectivity index (χ1) is 6.69. The number of aliphatic hydroxyl groups is 1. The van der Waals surface area contributed by atoms with Crippen LogP contribution in [0.2, 0.25) is 19.6 Å². The topological polar surface area (TPSA) is 20.2 Å². The van der Waals surface area contributed by atoms with Crippen molar-refractivity contribution in [2.24, 2.45) is 5.41 Å². The van der Waals surface area contributed by atoms with Crippen molar-refractivity contribution in [3.8, 4) is 11.5 Å². The second-order valence-electron chi connectivity index (χ2n) is 5.34. The molecule has 0 fully saturated rings. The fraction of sp³-hybridized carbons (Fsp3) is 0.615. The third-order valence-electron chi connectivity index (χ3n) is 1.91. The zero-order valence-corrected chi connectivity index (χ0v) is 11.7. The van der Waals surface area contributed by atoms with Crippen molar-refractivity contribution in [2.45, 2.75) is 46.5 Å². The molecule has 0 aliphatic heterocycles. The van der Waals surface area contributed by atoms with Crippen molar-refractivity contribution in [3.05, 3.63) is 17.9 Å². The van der Waals surface area contributed by atoms with Crippen LogP contribution >= 0.6 is 0 Å². The molecule has 0 spiro atoms. The lowest BCUT2D eigenvalue weighted by Gasteiger charge is -2.22. The Bertz CT molecular complexity index is 317. The van der Waals surface area contributed by atoms with Crippen LogP contribution in [0.3, 0.4) is 0 Å². The Kier molecular flexibility index (Phi) is 5.10. The maximum Gasteiger partial charge on any atom is 0.129 e. The Labute approximate surface area is 94.9 Å². The van der Waals surface area contributed by atoms with Gasteiger partial charge >= 0.3 is 0 Å². The van der Waals surface area contributed by atoms with Gasteiger partial charge < -0.3 is 5.11 Å². The Hall–Kier alpha value is -0.743. The molecule has 0 radical (unpaired) electrons. The fourth-order valence-corrected chi connectivity index (χ4v) is 1.42. The van der Waals surface area contributed by atoms with Gasteiger partial charge in [-0.15, -0.1) is 11.3 Å². The summed E-state index contributed by atoms with van der Waals surface area (Å²) in [4.78, 5) is 0. The number of hydrogen-bond acceptors (Lipinski definition) is 1. The van der Waals surface area contributed by atoms with E-state index >= 15 is 0 Å². The quantitative estimate of drug-likeness (QED) is 0.433. The predicted octanol–water partition coefficient (Wildman–Crippen LogP) is 2.99. The molecule has 0 saturated heterocycles. The van der Waals surface area contributed by atoms with Gasteiger partial charge in [0.25, 0.3) is 0 Å². The van der Waals surface area contributed by atoms with Gasteiger partial charge in [0.2, 0.25) is 0 Å². The van der Waals surface area contributed by atoms with Crippen molar-refractivity contribution in [2.75, 3.05) is 0 Å². The molecule has 1 atom stereocenters. The van der Waals surface area contributed by atoms with Crippen LogP contribution in [-0.2, 0) is 0 Å². The third-order valence-corrected chi connectivity index (χ3v) is 2.80. The molecule has 84 valence electrons. The van der Waals surface area contributed by atoms with E-state index in [9.17, 15) is 5.11 Å². The second kappa shape index (κ2) is 5.37. The number of hydrogen-bond donors (Lipinski definition) is 1. The van der Waals surface area contributed by atoms with Crippen molar-refractivity contribution in [1.82, 2.24) is 0 Å². The molecule has 2 heteroatoms. The molecule has 0 aromatic rings. The van der Waals surface area contributed by atoms with Crippen LogP contribution in [0.15, 0.2) is 17.9 Å². The molecule has 0 bridgehead atoms. The van der Waals surface area contributed by atoms with E-state index in [0.29, 0.717) is 0 Å². The smallest absolute Gasteiger partial charge is 0.129 e. The second-order valence-corrected chi connectivity index (χ2v) is 10.1. The SMILES string of the molecule is CC=C=CC(C)(C)C(O)C#C[Si](C)(C)C. The molecule has 1 nitrogen and oxygen atoms in total. The molecular formula is C13H22OSi. The van der Waals surface area contributed by atoms with E-state index in [-0.39, 0.29) is 5.41 Å². The molecule has 0 heterocycles. The van der Waals surface area contributed by atoms with Crippen LogP contribution in [0.4, 0.5) is 0 Å². The lowest BCUT2D eigenvalue weighted by Crippen LogP contribution is -2.27. The lowest BCUT2D eigenvalue weighted by atomic mass is 9.87. The van der Waals surface area contributed by atoms with Gasteiger partial charge in [0.05, 0.1) is 0 Å². The van der Waals surface area contributed by atoms with Crippen molar-refractivity contribution in [1.29, 1.82) is 0 Å². The highest BCUT2D eigenvalue weighted by molar-refractivity contribution is 6.83. The maximum atomic E-state index is 9.93. The minimum atomic E-state index is -1.39. The van der Waals surface area contributed by atoms with Gasteiger partial charge in [0.1, 0.15) is 14.2 Å². The highest BCUT2D eigenvalue weighted by Gasteiger charge is 2.23. The normalized spacial score (nSPS) is 13.3. The molecular weight excluding hydrogens is 200 g/mol. The van der Waals surface area contributed by atoms with E-state index in [1.807, 2.05) is 32.9 Å². The van der Waals surface area contributed by atoms with Crippen molar-refractivity contribution in [3.63, 3.8) is 0 Å². The molecule has 0 aliphatic carbocycles. The third kappa shape index (κ3) is 6.36. The lowest BCUT2D eigenvalue weighted by molar-refractivity contribution is 0.135. The first-order valence-electron chi connectivity index (χ1n) is 5.28. The molecule has 0 aliphatic rings. The van der Waals surface area contributed by atoms with E-state index in [0.717, 1.165) is 0 Å². The van der Waals surface area contributed by atoms with Crippen LogP contribution in [0, 0.1) is 16.9 Å². The van der Waals surface area contributed by atoms with E-state index in [1.165, 1.54) is 0 Å². The van der Waals surface area contributed by atoms with Gasteiger partial charge in [-0.1, -0.05) is 39.4 Å². The van der Waals surface area contributed by atoms with Gasteiger partial charge in [-0.2, -0.15) is 0 Å². The number of aliphatic hydroxyl groups excluding tert-OH is 1. The largest absolute Gasteiger partial charge is 0.379 e. The van der Waals surface area contributed by atoms with Crippen LogP contribution in [0.25, 0.3) is 0 Å². The zero-order chi connectivity index (χ0) is 12.1. The van der Waals surface area contributed by atoms with Crippen LogP contribution in [0.1, 0.15) is 20.8 Å². The first-order valence-corrected chi connectivity index (χ1v) is 8.78. The average molecular weight is 222 g/mol. The maximum absolute atomic E-state index is 9.93. The van der Waals surface area contributed by atoms with Gasteiger partial charge in [-0.3, -0.25) is 0 Å².